The molecule has 0 N–H and O–H groups in total. The van der Waals surface area contributed by atoms with Gasteiger partial charge in [-0.05, 0) is 13.3 Å². The van der Waals surface area contributed by atoms with Crippen molar-refractivity contribution in [3.63, 3.8) is 0 Å². The first-order valence-corrected chi connectivity index (χ1v) is 5.63. The lowest BCUT2D eigenvalue weighted by molar-refractivity contribution is -0.128. The van der Waals surface area contributed by atoms with Crippen LogP contribution in [0.3, 0.4) is 0 Å². The van der Waals surface area contributed by atoms with Crippen LogP contribution in [-0.2, 0) is 4.79 Å². The molecule has 0 saturated heterocycles. The molecular weight excluding hydrogens is 186 g/mol. The van der Waals surface area contributed by atoms with Gasteiger partial charge in [0, 0.05) is 13.1 Å². The number of alkyl halides is 1. The van der Waals surface area contributed by atoms with Crippen molar-refractivity contribution in [2.24, 2.45) is 0 Å². The fraction of sp³-hybridized carbons (Fsp3) is 0.900. The van der Waals surface area contributed by atoms with Gasteiger partial charge in [0.05, 0.1) is 0 Å². The number of unbranched alkanes of at least 4 members (excludes halogenated alkanes) is 3. The third kappa shape index (κ3) is 5.92. The number of carbonyl (C=O) groups excluding carboxylic acids is 1. The molecule has 2 nitrogen and oxygen atoms in total. The normalized spacial score (nSPS) is 10.1. The summed E-state index contributed by atoms with van der Waals surface area (Å²) in [6, 6.07) is 0. The third-order valence-electron chi connectivity index (χ3n) is 2.13. The summed E-state index contributed by atoms with van der Waals surface area (Å²) >= 11 is 5.47. The third-order valence-corrected chi connectivity index (χ3v) is 2.36. The van der Waals surface area contributed by atoms with Gasteiger partial charge in [-0.15, -0.1) is 11.6 Å². The molecule has 0 radical (unpaired) electrons. The summed E-state index contributed by atoms with van der Waals surface area (Å²) in [5.41, 5.74) is 0. The Morgan fingerprint density at radius 3 is 2.38 bits per heavy atom. The van der Waals surface area contributed by atoms with Gasteiger partial charge in [-0.25, -0.2) is 0 Å². The van der Waals surface area contributed by atoms with Crippen LogP contribution in [0.4, 0.5) is 0 Å². The maximum atomic E-state index is 11.2. The topological polar surface area (TPSA) is 20.3 Å². The van der Waals surface area contributed by atoms with E-state index in [0.717, 1.165) is 19.5 Å². The van der Waals surface area contributed by atoms with E-state index in [9.17, 15) is 4.79 Å². The molecule has 0 unspecified atom stereocenters. The van der Waals surface area contributed by atoms with Gasteiger partial charge in [0.2, 0.25) is 5.91 Å². The lowest BCUT2D eigenvalue weighted by Crippen LogP contribution is -2.32. The lowest BCUT2D eigenvalue weighted by Gasteiger charge is -2.19. The molecule has 0 aliphatic carbocycles. The van der Waals surface area contributed by atoms with E-state index in [1.165, 1.54) is 19.3 Å². The molecule has 0 aromatic heterocycles. The molecular formula is C10H20ClNO. The zero-order valence-electron chi connectivity index (χ0n) is 8.68. The molecule has 0 saturated carbocycles. The van der Waals surface area contributed by atoms with E-state index in [4.69, 9.17) is 11.6 Å². The second kappa shape index (κ2) is 8.36. The molecule has 0 rings (SSSR count). The first-order chi connectivity index (χ1) is 6.26. The maximum Gasteiger partial charge on any atom is 0.237 e. The molecule has 0 bridgehead atoms. The Labute approximate surface area is 86.2 Å². The zero-order valence-corrected chi connectivity index (χ0v) is 9.44. The van der Waals surface area contributed by atoms with Crippen molar-refractivity contribution in [3.05, 3.63) is 0 Å². The summed E-state index contributed by atoms with van der Waals surface area (Å²) in [5.74, 6) is 0.169. The van der Waals surface area contributed by atoms with Gasteiger partial charge >= 0.3 is 0 Å². The van der Waals surface area contributed by atoms with Gasteiger partial charge in [-0.3, -0.25) is 4.79 Å². The summed E-state index contributed by atoms with van der Waals surface area (Å²) in [6.07, 6.45) is 4.80. The minimum atomic E-state index is 0.0562. The van der Waals surface area contributed by atoms with Crippen molar-refractivity contribution in [3.8, 4) is 0 Å². The first-order valence-electron chi connectivity index (χ1n) is 5.10. The fourth-order valence-electron chi connectivity index (χ4n) is 1.27. The Morgan fingerprint density at radius 2 is 1.92 bits per heavy atom. The lowest BCUT2D eigenvalue weighted by atomic mass is 10.2. The van der Waals surface area contributed by atoms with Crippen LogP contribution in [0, 0.1) is 0 Å². The van der Waals surface area contributed by atoms with E-state index in [1.807, 2.05) is 11.8 Å². The molecule has 0 heterocycles. The Morgan fingerprint density at radius 1 is 1.23 bits per heavy atom. The number of halogens is 1. The summed E-state index contributed by atoms with van der Waals surface area (Å²) < 4.78 is 0. The molecule has 1 amide bonds. The maximum absolute atomic E-state index is 11.2. The predicted octanol–water partition coefficient (Wildman–Crippen LogP) is 2.65. The van der Waals surface area contributed by atoms with Gasteiger partial charge < -0.3 is 4.90 Å². The highest BCUT2D eigenvalue weighted by Crippen LogP contribution is 2.02. The van der Waals surface area contributed by atoms with Crippen LogP contribution in [0.5, 0.6) is 0 Å². The summed E-state index contributed by atoms with van der Waals surface area (Å²) in [5, 5.41) is 0. The summed E-state index contributed by atoms with van der Waals surface area (Å²) in [4.78, 5) is 13.0. The zero-order chi connectivity index (χ0) is 10.1. The molecule has 0 aliphatic heterocycles. The monoisotopic (exact) mass is 205 g/mol. The molecule has 78 valence electrons. The summed E-state index contributed by atoms with van der Waals surface area (Å²) in [6.45, 7) is 5.81. The number of carbonyl (C=O) groups is 1. The van der Waals surface area contributed by atoms with E-state index >= 15 is 0 Å². The van der Waals surface area contributed by atoms with Crippen molar-refractivity contribution in [1.29, 1.82) is 0 Å². The minimum absolute atomic E-state index is 0.0562. The average Bonchev–Trinajstić information content (AvgIpc) is 2.17. The number of hydrogen-bond donors (Lipinski definition) is 0. The van der Waals surface area contributed by atoms with E-state index < -0.39 is 0 Å². The summed E-state index contributed by atoms with van der Waals surface area (Å²) in [7, 11) is 0. The standard InChI is InChI=1S/C10H20ClNO/c1-3-5-6-7-8-12(4-2)10(13)9-11/h3-9H2,1-2H3. The average molecular weight is 206 g/mol. The van der Waals surface area contributed by atoms with Crippen LogP contribution < -0.4 is 0 Å². The molecule has 13 heavy (non-hydrogen) atoms. The predicted molar refractivity (Wildman–Crippen MR) is 57.1 cm³/mol. The van der Waals surface area contributed by atoms with Crippen LogP contribution in [-0.4, -0.2) is 29.8 Å². The van der Waals surface area contributed by atoms with E-state index in [2.05, 4.69) is 6.92 Å². The van der Waals surface area contributed by atoms with Gasteiger partial charge in [-0.1, -0.05) is 26.2 Å². The Hall–Kier alpha value is -0.240. The van der Waals surface area contributed by atoms with Crippen molar-refractivity contribution in [2.45, 2.75) is 39.5 Å². The van der Waals surface area contributed by atoms with Crippen LogP contribution in [0.1, 0.15) is 39.5 Å². The smallest absolute Gasteiger partial charge is 0.237 e. The largest absolute Gasteiger partial charge is 0.342 e. The molecule has 0 aromatic rings. The van der Waals surface area contributed by atoms with Crippen molar-refractivity contribution in [1.82, 2.24) is 4.90 Å². The van der Waals surface area contributed by atoms with Crippen LogP contribution >= 0.6 is 11.6 Å². The Balaban J connectivity index is 3.53. The van der Waals surface area contributed by atoms with E-state index in [1.54, 1.807) is 0 Å². The minimum Gasteiger partial charge on any atom is -0.342 e. The number of rotatable bonds is 7. The number of nitrogens with zero attached hydrogens (tertiary/aromatic N) is 1. The molecule has 0 aromatic carbocycles. The molecule has 0 fully saturated rings. The molecule has 0 aliphatic rings. The number of amides is 1. The van der Waals surface area contributed by atoms with Gasteiger partial charge in [0.25, 0.3) is 0 Å². The highest BCUT2D eigenvalue weighted by atomic mass is 35.5. The van der Waals surface area contributed by atoms with Crippen molar-refractivity contribution >= 4 is 17.5 Å². The molecule has 3 heteroatoms. The van der Waals surface area contributed by atoms with Crippen molar-refractivity contribution in [2.75, 3.05) is 19.0 Å². The second-order valence-corrected chi connectivity index (χ2v) is 3.43. The van der Waals surface area contributed by atoms with E-state index in [0.29, 0.717) is 0 Å². The second-order valence-electron chi connectivity index (χ2n) is 3.17. The van der Waals surface area contributed by atoms with Crippen LogP contribution in [0.25, 0.3) is 0 Å². The number of hydrogen-bond acceptors (Lipinski definition) is 1. The fourth-order valence-corrected chi connectivity index (χ4v) is 1.44. The molecule has 0 atom stereocenters. The van der Waals surface area contributed by atoms with Crippen LogP contribution in [0.15, 0.2) is 0 Å². The van der Waals surface area contributed by atoms with Gasteiger partial charge in [-0.2, -0.15) is 0 Å². The van der Waals surface area contributed by atoms with E-state index in [-0.39, 0.29) is 11.8 Å². The van der Waals surface area contributed by atoms with Crippen molar-refractivity contribution < 1.29 is 4.79 Å². The Bertz CT molecular complexity index is 139. The Kier molecular flexibility index (Phi) is 8.21. The SMILES string of the molecule is CCCCCCN(CC)C(=O)CCl. The molecule has 0 spiro atoms. The first kappa shape index (κ1) is 12.8. The van der Waals surface area contributed by atoms with Gasteiger partial charge in [0.15, 0.2) is 0 Å². The quantitative estimate of drug-likeness (QED) is 0.462. The highest BCUT2D eigenvalue weighted by Gasteiger charge is 2.08. The highest BCUT2D eigenvalue weighted by molar-refractivity contribution is 6.27. The van der Waals surface area contributed by atoms with Crippen LogP contribution in [0.2, 0.25) is 0 Å². The van der Waals surface area contributed by atoms with Gasteiger partial charge in [0.1, 0.15) is 5.88 Å².